The third-order valence-electron chi connectivity index (χ3n) is 5.63. The van der Waals surface area contributed by atoms with Crippen LogP contribution in [0.4, 0.5) is 5.69 Å². The van der Waals surface area contributed by atoms with Gasteiger partial charge in [-0.3, -0.25) is 14.5 Å². The molecule has 5 rings (SSSR count). The minimum absolute atomic E-state index is 0.0726. The summed E-state index contributed by atoms with van der Waals surface area (Å²) in [6, 6.07) is 14.2. The third kappa shape index (κ3) is 2.22. The molecule has 4 atom stereocenters. The fourth-order valence-corrected chi connectivity index (χ4v) is 4.65. The molecule has 2 amide bonds. The van der Waals surface area contributed by atoms with E-state index in [1.165, 1.54) is 4.90 Å². The number of ether oxygens (including phenoxy) is 1. The molecule has 0 N–H and O–H groups in total. The van der Waals surface area contributed by atoms with Crippen molar-refractivity contribution in [3.05, 3.63) is 65.7 Å². The van der Waals surface area contributed by atoms with Crippen LogP contribution in [0.2, 0.25) is 5.02 Å². The third-order valence-corrected chi connectivity index (χ3v) is 5.94. The molecule has 1 saturated carbocycles. The Hall–Kier alpha value is -2.59. The highest BCUT2D eigenvalue weighted by Gasteiger charge is 2.59. The second kappa shape index (κ2) is 5.71. The van der Waals surface area contributed by atoms with E-state index < -0.39 is 0 Å². The van der Waals surface area contributed by atoms with Crippen LogP contribution in [0.25, 0.3) is 0 Å². The summed E-state index contributed by atoms with van der Waals surface area (Å²) in [4.78, 5) is 27.0. The summed E-state index contributed by atoms with van der Waals surface area (Å²) in [6.07, 6.45) is 5.13. The molecule has 130 valence electrons. The van der Waals surface area contributed by atoms with Gasteiger partial charge in [0.1, 0.15) is 11.5 Å². The number of carbonyl (C=O) groups excluding carboxylic acids is 2. The first-order valence-electron chi connectivity index (χ1n) is 8.72. The van der Waals surface area contributed by atoms with Crippen LogP contribution in [0, 0.1) is 23.7 Å². The molecule has 0 unspecified atom stereocenters. The van der Waals surface area contributed by atoms with Gasteiger partial charge in [-0.2, -0.15) is 0 Å². The summed E-state index contributed by atoms with van der Waals surface area (Å²) in [7, 11) is 0. The predicted octanol–water partition coefficient (Wildman–Crippen LogP) is 4.44. The van der Waals surface area contributed by atoms with Crippen LogP contribution in [0.15, 0.2) is 60.7 Å². The Labute approximate surface area is 156 Å². The van der Waals surface area contributed by atoms with Crippen molar-refractivity contribution in [2.45, 2.75) is 6.42 Å². The standard InChI is InChI=1S/C21H16ClNO3/c22-16-3-1-2-4-17(16)26-15-9-7-14(8-10-15)23-20(24)18-12-5-6-13(11-12)19(18)21(23)25/h1-10,12-13,18-19H,11H2/t12-,13-,18+,19+/m0/s1. The molecule has 3 aliphatic rings. The predicted molar refractivity (Wildman–Crippen MR) is 98.2 cm³/mol. The van der Waals surface area contributed by atoms with E-state index in [9.17, 15) is 9.59 Å². The van der Waals surface area contributed by atoms with Gasteiger partial charge in [0.2, 0.25) is 11.8 Å². The number of anilines is 1. The molecule has 1 saturated heterocycles. The lowest BCUT2D eigenvalue weighted by Crippen LogP contribution is -2.32. The van der Waals surface area contributed by atoms with E-state index in [4.69, 9.17) is 16.3 Å². The van der Waals surface area contributed by atoms with Crippen molar-refractivity contribution in [2.24, 2.45) is 23.7 Å². The number of halogens is 1. The van der Waals surface area contributed by atoms with E-state index in [1.54, 1.807) is 36.4 Å². The zero-order valence-electron chi connectivity index (χ0n) is 13.8. The number of fused-ring (bicyclic) bond motifs is 5. The van der Waals surface area contributed by atoms with Crippen molar-refractivity contribution in [3.63, 3.8) is 0 Å². The molecule has 0 radical (unpaired) electrons. The quantitative estimate of drug-likeness (QED) is 0.596. The summed E-state index contributed by atoms with van der Waals surface area (Å²) in [6.45, 7) is 0. The second-order valence-corrected chi connectivity index (χ2v) is 7.45. The number of allylic oxidation sites excluding steroid dienone is 2. The van der Waals surface area contributed by atoms with Gasteiger partial charge in [-0.15, -0.1) is 0 Å². The first kappa shape index (κ1) is 15.6. The number of imide groups is 1. The largest absolute Gasteiger partial charge is 0.456 e. The highest BCUT2D eigenvalue weighted by atomic mass is 35.5. The molecule has 2 fully saturated rings. The Morgan fingerprint density at radius 1 is 0.885 bits per heavy atom. The summed E-state index contributed by atoms with van der Waals surface area (Å²) >= 11 is 6.11. The van der Waals surface area contributed by atoms with Gasteiger partial charge in [0.05, 0.1) is 22.5 Å². The average Bonchev–Trinajstić information content (AvgIpc) is 3.32. The normalized spacial score (nSPS) is 28.7. The zero-order valence-corrected chi connectivity index (χ0v) is 14.6. The number of nitrogens with zero attached hydrogens (tertiary/aromatic N) is 1. The fourth-order valence-electron chi connectivity index (χ4n) is 4.47. The van der Waals surface area contributed by atoms with Gasteiger partial charge >= 0.3 is 0 Å². The summed E-state index contributed by atoms with van der Waals surface area (Å²) < 4.78 is 5.77. The van der Waals surface area contributed by atoms with Gasteiger partial charge in [0.15, 0.2) is 0 Å². The smallest absolute Gasteiger partial charge is 0.238 e. The van der Waals surface area contributed by atoms with E-state index in [1.807, 2.05) is 12.1 Å². The summed E-state index contributed by atoms with van der Waals surface area (Å²) in [5, 5.41) is 0.525. The monoisotopic (exact) mass is 365 g/mol. The van der Waals surface area contributed by atoms with Crippen molar-refractivity contribution >= 4 is 29.1 Å². The number of hydrogen-bond donors (Lipinski definition) is 0. The van der Waals surface area contributed by atoms with Gasteiger partial charge in [-0.25, -0.2) is 0 Å². The van der Waals surface area contributed by atoms with E-state index in [0.717, 1.165) is 6.42 Å². The Morgan fingerprint density at radius 3 is 2.12 bits per heavy atom. The second-order valence-electron chi connectivity index (χ2n) is 7.04. The van der Waals surface area contributed by atoms with Crippen LogP contribution >= 0.6 is 11.6 Å². The highest BCUT2D eigenvalue weighted by molar-refractivity contribution is 6.32. The Bertz CT molecular complexity index is 907. The van der Waals surface area contributed by atoms with Crippen molar-refractivity contribution in [1.29, 1.82) is 0 Å². The molecule has 4 nitrogen and oxygen atoms in total. The van der Waals surface area contributed by atoms with Gasteiger partial charge in [0, 0.05) is 0 Å². The first-order chi connectivity index (χ1) is 12.6. The Morgan fingerprint density at radius 2 is 1.50 bits per heavy atom. The Balaban J connectivity index is 1.39. The molecular formula is C21H16ClNO3. The summed E-state index contributed by atoms with van der Waals surface area (Å²) in [5.74, 6) is 1.08. The molecular weight excluding hydrogens is 350 g/mol. The number of benzene rings is 2. The molecule has 0 aromatic heterocycles. The van der Waals surface area contributed by atoms with Gasteiger partial charge < -0.3 is 4.74 Å². The van der Waals surface area contributed by atoms with Crippen LogP contribution in [0.1, 0.15) is 6.42 Å². The van der Waals surface area contributed by atoms with E-state index in [-0.39, 0.29) is 35.5 Å². The van der Waals surface area contributed by atoms with E-state index in [2.05, 4.69) is 12.2 Å². The first-order valence-corrected chi connectivity index (χ1v) is 9.10. The van der Waals surface area contributed by atoms with Crippen LogP contribution in [0.5, 0.6) is 11.5 Å². The molecule has 2 aromatic rings. The SMILES string of the molecule is O=C1[C@H]2[C@H](C(=O)N1c1ccc(Oc3ccccc3Cl)cc1)[C@H]1C=C[C@H]2C1. The van der Waals surface area contributed by atoms with Crippen molar-refractivity contribution < 1.29 is 14.3 Å². The topological polar surface area (TPSA) is 46.6 Å². The number of amides is 2. The van der Waals surface area contributed by atoms with Crippen LogP contribution in [-0.4, -0.2) is 11.8 Å². The maximum Gasteiger partial charge on any atom is 0.238 e. The van der Waals surface area contributed by atoms with E-state index in [0.29, 0.717) is 22.2 Å². The lowest BCUT2D eigenvalue weighted by Gasteiger charge is -2.17. The Kier molecular flexibility index (Phi) is 3.44. The lowest BCUT2D eigenvalue weighted by molar-refractivity contribution is -0.123. The molecule has 0 spiro atoms. The minimum Gasteiger partial charge on any atom is -0.456 e. The van der Waals surface area contributed by atoms with Gasteiger partial charge in [0.25, 0.3) is 0 Å². The molecule has 5 heteroatoms. The zero-order chi connectivity index (χ0) is 17.8. The molecule has 1 aliphatic heterocycles. The minimum atomic E-state index is -0.184. The number of rotatable bonds is 3. The molecule has 2 aromatic carbocycles. The average molecular weight is 366 g/mol. The van der Waals surface area contributed by atoms with Crippen LogP contribution in [-0.2, 0) is 9.59 Å². The lowest BCUT2D eigenvalue weighted by atomic mass is 9.85. The highest BCUT2D eigenvalue weighted by Crippen LogP contribution is 2.53. The molecule has 2 bridgehead atoms. The van der Waals surface area contributed by atoms with E-state index >= 15 is 0 Å². The fraction of sp³-hybridized carbons (Fsp3) is 0.238. The van der Waals surface area contributed by atoms with Gasteiger partial charge in [-0.05, 0) is 54.7 Å². The van der Waals surface area contributed by atoms with Crippen molar-refractivity contribution in [1.82, 2.24) is 0 Å². The maximum absolute atomic E-state index is 12.8. The summed E-state index contributed by atoms with van der Waals surface area (Å²) in [5.41, 5.74) is 0.598. The van der Waals surface area contributed by atoms with Crippen molar-refractivity contribution in [3.8, 4) is 11.5 Å². The number of hydrogen-bond acceptors (Lipinski definition) is 3. The molecule has 2 aliphatic carbocycles. The van der Waals surface area contributed by atoms with Crippen LogP contribution < -0.4 is 9.64 Å². The van der Waals surface area contributed by atoms with Gasteiger partial charge in [-0.1, -0.05) is 35.9 Å². The number of para-hydroxylation sites is 1. The van der Waals surface area contributed by atoms with Crippen LogP contribution in [0.3, 0.4) is 0 Å². The maximum atomic E-state index is 12.8. The van der Waals surface area contributed by atoms with Crippen molar-refractivity contribution in [2.75, 3.05) is 4.90 Å². The molecule has 1 heterocycles. The number of carbonyl (C=O) groups is 2. The molecule has 26 heavy (non-hydrogen) atoms.